The van der Waals surface area contributed by atoms with Gasteiger partial charge in [-0.1, -0.05) is 6.42 Å². The Hall–Kier alpha value is -2.98. The van der Waals surface area contributed by atoms with E-state index in [0.29, 0.717) is 27.6 Å². The monoisotopic (exact) mass is 394 g/mol. The molecule has 6 nitrogen and oxygen atoms in total. The van der Waals surface area contributed by atoms with E-state index in [0.717, 1.165) is 31.2 Å². The smallest absolute Gasteiger partial charge is 0.221 e. The maximum atomic E-state index is 11.6. The van der Waals surface area contributed by atoms with Crippen molar-refractivity contribution in [2.45, 2.75) is 46.0 Å². The standard InChI is InChI=1S/C21H22N4O2S/c1-13(26)23-16-8-9-17(19(10-16)24-14(2)27)20-12-28-21(25-20)18(11-22)15-6-4-3-5-7-15/h8-10,12H,3-7H2,1-2H3,(H,23,26)(H,24,27). The first-order valence-corrected chi connectivity index (χ1v) is 10.1. The first-order valence-electron chi connectivity index (χ1n) is 9.25. The Kier molecular flexibility index (Phi) is 6.22. The van der Waals surface area contributed by atoms with Gasteiger partial charge < -0.3 is 10.6 Å². The maximum absolute atomic E-state index is 11.6. The molecule has 0 spiro atoms. The number of anilines is 2. The Bertz CT molecular complexity index is 977. The van der Waals surface area contributed by atoms with Gasteiger partial charge in [0.1, 0.15) is 11.1 Å². The molecule has 144 valence electrons. The van der Waals surface area contributed by atoms with Crippen molar-refractivity contribution in [1.29, 1.82) is 5.26 Å². The van der Waals surface area contributed by atoms with Gasteiger partial charge in [-0.05, 0) is 49.5 Å². The molecule has 1 aromatic carbocycles. The number of hydrogen-bond acceptors (Lipinski definition) is 5. The van der Waals surface area contributed by atoms with Gasteiger partial charge in [0.15, 0.2) is 0 Å². The molecule has 0 bridgehead atoms. The lowest BCUT2D eigenvalue weighted by Crippen LogP contribution is -2.09. The highest BCUT2D eigenvalue weighted by atomic mass is 32.1. The van der Waals surface area contributed by atoms with E-state index in [1.165, 1.54) is 37.2 Å². The van der Waals surface area contributed by atoms with E-state index in [9.17, 15) is 14.9 Å². The van der Waals surface area contributed by atoms with Crippen LogP contribution in [0.4, 0.5) is 11.4 Å². The van der Waals surface area contributed by atoms with Crippen LogP contribution in [0, 0.1) is 11.3 Å². The fraction of sp³-hybridized carbons (Fsp3) is 0.333. The van der Waals surface area contributed by atoms with E-state index in [2.05, 4.69) is 21.7 Å². The van der Waals surface area contributed by atoms with Crippen molar-refractivity contribution in [3.8, 4) is 17.3 Å². The van der Waals surface area contributed by atoms with Gasteiger partial charge in [-0.25, -0.2) is 4.98 Å². The molecule has 0 radical (unpaired) electrons. The fourth-order valence-corrected chi connectivity index (χ4v) is 4.22. The largest absolute Gasteiger partial charge is 0.326 e. The second-order valence-corrected chi connectivity index (χ2v) is 7.67. The lowest BCUT2D eigenvalue weighted by atomic mass is 9.91. The predicted molar refractivity (Wildman–Crippen MR) is 112 cm³/mol. The van der Waals surface area contributed by atoms with Crippen LogP contribution in [0.2, 0.25) is 0 Å². The predicted octanol–water partition coefficient (Wildman–Crippen LogP) is 4.97. The summed E-state index contributed by atoms with van der Waals surface area (Å²) in [7, 11) is 0. The van der Waals surface area contributed by atoms with Crippen LogP contribution in [-0.4, -0.2) is 16.8 Å². The molecule has 0 saturated heterocycles. The Morgan fingerprint density at radius 1 is 1.11 bits per heavy atom. The Balaban J connectivity index is 1.98. The fourth-order valence-electron chi connectivity index (χ4n) is 3.36. The molecular formula is C21H22N4O2S. The topological polar surface area (TPSA) is 94.9 Å². The first-order chi connectivity index (χ1) is 13.5. The van der Waals surface area contributed by atoms with Crippen molar-refractivity contribution < 1.29 is 9.59 Å². The van der Waals surface area contributed by atoms with Gasteiger partial charge in [-0.3, -0.25) is 9.59 Å². The van der Waals surface area contributed by atoms with Crippen LogP contribution in [0.3, 0.4) is 0 Å². The van der Waals surface area contributed by atoms with Gasteiger partial charge in [0, 0.05) is 30.5 Å². The van der Waals surface area contributed by atoms with E-state index in [-0.39, 0.29) is 11.8 Å². The molecule has 1 aliphatic rings. The highest BCUT2D eigenvalue weighted by Crippen LogP contribution is 2.36. The average molecular weight is 395 g/mol. The number of nitrogens with one attached hydrogen (secondary N) is 2. The van der Waals surface area contributed by atoms with Crippen molar-refractivity contribution in [2.75, 3.05) is 10.6 Å². The van der Waals surface area contributed by atoms with Crippen LogP contribution < -0.4 is 10.6 Å². The van der Waals surface area contributed by atoms with Crippen LogP contribution >= 0.6 is 11.3 Å². The molecule has 7 heteroatoms. The number of nitrogens with zero attached hydrogens (tertiary/aromatic N) is 2. The Labute approximate surface area is 168 Å². The number of amides is 2. The van der Waals surface area contributed by atoms with Crippen molar-refractivity contribution >= 4 is 40.1 Å². The summed E-state index contributed by atoms with van der Waals surface area (Å²) in [4.78, 5) is 27.6. The zero-order valence-corrected chi connectivity index (χ0v) is 16.8. The number of allylic oxidation sites excluding steroid dienone is 2. The number of rotatable bonds is 4. The molecule has 1 heterocycles. The van der Waals surface area contributed by atoms with Gasteiger partial charge >= 0.3 is 0 Å². The SMILES string of the molecule is CC(=O)Nc1ccc(-c2csc(C(C#N)=C3CCCCC3)n2)c(NC(C)=O)c1. The van der Waals surface area contributed by atoms with E-state index in [1.807, 2.05) is 11.4 Å². The van der Waals surface area contributed by atoms with Gasteiger partial charge in [0.05, 0.1) is 17.0 Å². The molecule has 2 N–H and O–H groups in total. The molecule has 2 amide bonds. The number of carbonyl (C=O) groups excluding carboxylic acids is 2. The van der Waals surface area contributed by atoms with Gasteiger partial charge in [0.25, 0.3) is 0 Å². The summed E-state index contributed by atoms with van der Waals surface area (Å²) in [5, 5.41) is 17.8. The van der Waals surface area contributed by atoms with Crippen molar-refractivity contribution in [2.24, 2.45) is 0 Å². The second kappa shape index (κ2) is 8.81. The molecule has 0 atom stereocenters. The van der Waals surface area contributed by atoms with Crippen LogP contribution in [0.5, 0.6) is 0 Å². The molecule has 3 rings (SSSR count). The normalized spacial score (nSPS) is 13.5. The minimum atomic E-state index is -0.210. The summed E-state index contributed by atoms with van der Waals surface area (Å²) in [6.45, 7) is 2.86. The zero-order chi connectivity index (χ0) is 20.1. The Morgan fingerprint density at radius 2 is 1.82 bits per heavy atom. The molecule has 0 unspecified atom stereocenters. The van der Waals surface area contributed by atoms with E-state index >= 15 is 0 Å². The van der Waals surface area contributed by atoms with Gasteiger partial charge in [-0.15, -0.1) is 11.3 Å². The summed E-state index contributed by atoms with van der Waals surface area (Å²) in [6.07, 6.45) is 5.37. The van der Waals surface area contributed by atoms with Crippen molar-refractivity contribution in [1.82, 2.24) is 4.98 Å². The third-order valence-electron chi connectivity index (χ3n) is 4.57. The van der Waals surface area contributed by atoms with Gasteiger partial charge in [0.2, 0.25) is 11.8 Å². The highest BCUT2D eigenvalue weighted by Gasteiger charge is 2.18. The van der Waals surface area contributed by atoms with E-state index in [1.54, 1.807) is 12.1 Å². The number of benzene rings is 1. The quantitative estimate of drug-likeness (QED) is 0.716. The van der Waals surface area contributed by atoms with E-state index < -0.39 is 0 Å². The zero-order valence-electron chi connectivity index (χ0n) is 16.0. The molecule has 1 aromatic heterocycles. The molecule has 2 aromatic rings. The molecule has 1 aliphatic carbocycles. The minimum Gasteiger partial charge on any atom is -0.326 e. The van der Waals surface area contributed by atoms with Crippen LogP contribution in [0.25, 0.3) is 16.8 Å². The van der Waals surface area contributed by atoms with Crippen LogP contribution in [-0.2, 0) is 9.59 Å². The molecule has 1 saturated carbocycles. The second-order valence-electron chi connectivity index (χ2n) is 6.81. The lowest BCUT2D eigenvalue weighted by Gasteiger charge is -2.14. The van der Waals surface area contributed by atoms with E-state index in [4.69, 9.17) is 0 Å². The summed E-state index contributed by atoms with van der Waals surface area (Å²) in [5.74, 6) is -0.394. The number of nitriles is 1. The number of thiazole rings is 1. The summed E-state index contributed by atoms with van der Waals surface area (Å²) < 4.78 is 0. The van der Waals surface area contributed by atoms with Crippen molar-refractivity contribution in [3.63, 3.8) is 0 Å². The molecular weight excluding hydrogens is 372 g/mol. The summed E-state index contributed by atoms with van der Waals surface area (Å²) in [6, 6.07) is 7.64. The summed E-state index contributed by atoms with van der Waals surface area (Å²) >= 11 is 1.44. The first kappa shape index (κ1) is 19.8. The number of carbonyl (C=O) groups is 2. The number of hydrogen-bond donors (Lipinski definition) is 2. The van der Waals surface area contributed by atoms with Crippen LogP contribution in [0.15, 0.2) is 29.2 Å². The van der Waals surface area contributed by atoms with Gasteiger partial charge in [-0.2, -0.15) is 5.26 Å². The molecule has 1 fully saturated rings. The summed E-state index contributed by atoms with van der Waals surface area (Å²) in [5.41, 5.74) is 4.49. The molecule has 28 heavy (non-hydrogen) atoms. The third kappa shape index (κ3) is 4.65. The molecule has 0 aliphatic heterocycles. The average Bonchev–Trinajstić information content (AvgIpc) is 3.12. The third-order valence-corrected chi connectivity index (χ3v) is 5.43. The van der Waals surface area contributed by atoms with Crippen molar-refractivity contribution in [3.05, 3.63) is 34.2 Å². The maximum Gasteiger partial charge on any atom is 0.221 e. The van der Waals surface area contributed by atoms with Crippen LogP contribution in [0.1, 0.15) is 51.0 Å². The lowest BCUT2D eigenvalue weighted by molar-refractivity contribution is -0.115. The highest BCUT2D eigenvalue weighted by molar-refractivity contribution is 7.11. The minimum absolute atomic E-state index is 0.185. The Morgan fingerprint density at radius 3 is 2.46 bits per heavy atom. The number of aromatic nitrogens is 1.